The van der Waals surface area contributed by atoms with Crippen LogP contribution >= 0.6 is 0 Å². The van der Waals surface area contributed by atoms with Crippen LogP contribution in [0.25, 0.3) is 0 Å². The van der Waals surface area contributed by atoms with E-state index in [1.807, 2.05) is 4.68 Å². The molecule has 1 N–H and O–H groups in total. The summed E-state index contributed by atoms with van der Waals surface area (Å²) in [5.74, 6) is 2.31. The van der Waals surface area contributed by atoms with Crippen molar-refractivity contribution < 1.29 is 4.74 Å². The van der Waals surface area contributed by atoms with Gasteiger partial charge in [-0.3, -0.25) is 0 Å². The molecule has 4 unspecified atom stereocenters. The van der Waals surface area contributed by atoms with E-state index in [1.54, 1.807) is 7.11 Å². The second-order valence-electron chi connectivity index (χ2n) is 5.63. The molecule has 108 valence electrons. The summed E-state index contributed by atoms with van der Waals surface area (Å²) in [6.07, 6.45) is 2.43. The van der Waals surface area contributed by atoms with Crippen LogP contribution in [0.2, 0.25) is 0 Å². The average molecular weight is 267 g/mol. The predicted molar refractivity (Wildman–Crippen MR) is 72.7 cm³/mol. The van der Waals surface area contributed by atoms with Crippen molar-refractivity contribution in [3.05, 3.63) is 5.82 Å². The fraction of sp³-hybridized carbons (Fsp3) is 0.923. The highest BCUT2D eigenvalue weighted by Crippen LogP contribution is 2.40. The van der Waals surface area contributed by atoms with Crippen LogP contribution in [0.1, 0.15) is 51.5 Å². The molecule has 1 aromatic heterocycles. The van der Waals surface area contributed by atoms with Gasteiger partial charge in [0.25, 0.3) is 0 Å². The molecule has 1 saturated carbocycles. The number of hydrogen-bond acceptors (Lipinski definition) is 5. The van der Waals surface area contributed by atoms with Gasteiger partial charge in [0.05, 0.1) is 18.7 Å². The predicted octanol–water partition coefficient (Wildman–Crippen LogP) is 1.58. The van der Waals surface area contributed by atoms with Gasteiger partial charge in [0, 0.05) is 13.7 Å². The fourth-order valence-corrected chi connectivity index (χ4v) is 2.87. The van der Waals surface area contributed by atoms with E-state index >= 15 is 0 Å². The molecule has 2 rings (SSSR count). The largest absolute Gasteiger partial charge is 0.383 e. The Morgan fingerprint density at radius 1 is 1.42 bits per heavy atom. The van der Waals surface area contributed by atoms with Crippen molar-refractivity contribution in [2.45, 2.75) is 45.7 Å². The fourth-order valence-electron chi connectivity index (χ4n) is 2.87. The SMILES string of the molecule is COCCNC(C)c1nnnn1C1CCC(C)C1C. The van der Waals surface area contributed by atoms with E-state index in [2.05, 4.69) is 41.6 Å². The lowest BCUT2D eigenvalue weighted by atomic mass is 9.98. The molecule has 0 bridgehead atoms. The van der Waals surface area contributed by atoms with Crippen LogP contribution in [0.5, 0.6) is 0 Å². The molecule has 0 aliphatic heterocycles. The van der Waals surface area contributed by atoms with E-state index in [9.17, 15) is 0 Å². The van der Waals surface area contributed by atoms with E-state index in [0.29, 0.717) is 18.6 Å². The monoisotopic (exact) mass is 267 g/mol. The quantitative estimate of drug-likeness (QED) is 0.793. The Bertz CT molecular complexity index is 394. The summed E-state index contributed by atoms with van der Waals surface area (Å²) in [5.41, 5.74) is 0. The average Bonchev–Trinajstić information content (AvgIpc) is 2.98. The third kappa shape index (κ3) is 3.12. The Labute approximate surface area is 114 Å². The Kier molecular flexibility index (Phi) is 4.87. The van der Waals surface area contributed by atoms with Crippen molar-refractivity contribution in [2.24, 2.45) is 11.8 Å². The minimum absolute atomic E-state index is 0.147. The van der Waals surface area contributed by atoms with Gasteiger partial charge < -0.3 is 10.1 Å². The van der Waals surface area contributed by atoms with Crippen LogP contribution in [0.3, 0.4) is 0 Å². The molecule has 1 heterocycles. The standard InChI is InChI=1S/C13H25N5O/c1-9-5-6-12(10(9)2)18-13(15-16-17-18)11(3)14-7-8-19-4/h9-12,14H,5-8H2,1-4H3. The van der Waals surface area contributed by atoms with Crippen LogP contribution in [0.15, 0.2) is 0 Å². The third-order valence-electron chi connectivity index (χ3n) is 4.40. The number of rotatable bonds is 6. The van der Waals surface area contributed by atoms with Gasteiger partial charge in [0.2, 0.25) is 0 Å². The molecule has 19 heavy (non-hydrogen) atoms. The second kappa shape index (κ2) is 6.43. The molecular formula is C13H25N5O. The van der Waals surface area contributed by atoms with Crippen molar-refractivity contribution >= 4 is 0 Å². The number of tetrazole rings is 1. The van der Waals surface area contributed by atoms with Crippen LogP contribution in [-0.4, -0.2) is 40.5 Å². The van der Waals surface area contributed by atoms with Crippen molar-refractivity contribution in [3.8, 4) is 0 Å². The topological polar surface area (TPSA) is 64.9 Å². The molecule has 4 atom stereocenters. The minimum Gasteiger partial charge on any atom is -0.383 e. The van der Waals surface area contributed by atoms with Gasteiger partial charge in [-0.25, -0.2) is 4.68 Å². The normalized spacial score (nSPS) is 28.7. The van der Waals surface area contributed by atoms with Gasteiger partial charge >= 0.3 is 0 Å². The molecular weight excluding hydrogens is 242 g/mol. The van der Waals surface area contributed by atoms with Gasteiger partial charge in [0.1, 0.15) is 0 Å². The Hall–Kier alpha value is -1.01. The summed E-state index contributed by atoms with van der Waals surface area (Å²) >= 11 is 0. The van der Waals surface area contributed by atoms with Gasteiger partial charge in [-0.1, -0.05) is 13.8 Å². The summed E-state index contributed by atoms with van der Waals surface area (Å²) in [6.45, 7) is 8.22. The molecule has 1 aliphatic rings. The van der Waals surface area contributed by atoms with Crippen LogP contribution in [-0.2, 0) is 4.74 Å². The molecule has 6 nitrogen and oxygen atoms in total. The maximum Gasteiger partial charge on any atom is 0.168 e. The van der Waals surface area contributed by atoms with Crippen LogP contribution in [0.4, 0.5) is 0 Å². The number of aromatic nitrogens is 4. The third-order valence-corrected chi connectivity index (χ3v) is 4.40. The van der Waals surface area contributed by atoms with Crippen molar-refractivity contribution in [2.75, 3.05) is 20.3 Å². The van der Waals surface area contributed by atoms with E-state index < -0.39 is 0 Å². The van der Waals surface area contributed by atoms with E-state index in [-0.39, 0.29) is 6.04 Å². The number of methoxy groups -OCH3 is 1. The van der Waals surface area contributed by atoms with Crippen molar-refractivity contribution in [3.63, 3.8) is 0 Å². The molecule has 1 fully saturated rings. The lowest BCUT2D eigenvalue weighted by Gasteiger charge is -2.21. The second-order valence-corrected chi connectivity index (χ2v) is 5.63. The maximum absolute atomic E-state index is 5.05. The van der Waals surface area contributed by atoms with Crippen LogP contribution < -0.4 is 5.32 Å². The number of nitrogens with one attached hydrogen (secondary N) is 1. The minimum atomic E-state index is 0.147. The van der Waals surface area contributed by atoms with Gasteiger partial charge in [-0.15, -0.1) is 5.10 Å². The van der Waals surface area contributed by atoms with E-state index in [4.69, 9.17) is 4.74 Å². The first-order valence-electron chi connectivity index (χ1n) is 7.15. The van der Waals surface area contributed by atoms with Crippen molar-refractivity contribution in [1.29, 1.82) is 0 Å². The highest BCUT2D eigenvalue weighted by molar-refractivity contribution is 4.95. The molecule has 1 aromatic rings. The first-order valence-corrected chi connectivity index (χ1v) is 7.15. The molecule has 6 heteroatoms. The molecule has 1 aliphatic carbocycles. The zero-order chi connectivity index (χ0) is 13.8. The molecule has 0 saturated heterocycles. The number of hydrogen-bond donors (Lipinski definition) is 1. The zero-order valence-electron chi connectivity index (χ0n) is 12.3. The van der Waals surface area contributed by atoms with E-state index in [0.717, 1.165) is 18.3 Å². The Morgan fingerprint density at radius 3 is 2.84 bits per heavy atom. The highest BCUT2D eigenvalue weighted by Gasteiger charge is 2.34. The van der Waals surface area contributed by atoms with Gasteiger partial charge in [-0.2, -0.15) is 0 Å². The zero-order valence-corrected chi connectivity index (χ0v) is 12.3. The summed E-state index contributed by atoms with van der Waals surface area (Å²) in [5, 5.41) is 15.7. The number of nitrogens with zero attached hydrogens (tertiary/aromatic N) is 4. The smallest absolute Gasteiger partial charge is 0.168 e. The summed E-state index contributed by atoms with van der Waals surface area (Å²) in [7, 11) is 1.71. The summed E-state index contributed by atoms with van der Waals surface area (Å²) in [6, 6.07) is 0.583. The lowest BCUT2D eigenvalue weighted by Crippen LogP contribution is -2.27. The van der Waals surface area contributed by atoms with Gasteiger partial charge in [-0.05, 0) is 42.0 Å². The maximum atomic E-state index is 5.05. The molecule has 0 spiro atoms. The first kappa shape index (κ1) is 14.4. The molecule has 0 amide bonds. The van der Waals surface area contributed by atoms with E-state index in [1.165, 1.54) is 12.8 Å². The Morgan fingerprint density at radius 2 is 2.21 bits per heavy atom. The summed E-state index contributed by atoms with van der Waals surface area (Å²) < 4.78 is 7.08. The lowest BCUT2D eigenvalue weighted by molar-refractivity contribution is 0.195. The molecule has 0 aromatic carbocycles. The van der Waals surface area contributed by atoms with Crippen LogP contribution in [0, 0.1) is 11.8 Å². The number of ether oxygens (including phenoxy) is 1. The first-order chi connectivity index (χ1) is 9.15. The highest BCUT2D eigenvalue weighted by atomic mass is 16.5. The van der Waals surface area contributed by atoms with Crippen molar-refractivity contribution in [1.82, 2.24) is 25.5 Å². The molecule has 0 radical (unpaired) electrons. The van der Waals surface area contributed by atoms with Gasteiger partial charge in [0.15, 0.2) is 5.82 Å². The summed E-state index contributed by atoms with van der Waals surface area (Å²) in [4.78, 5) is 0. The Balaban J connectivity index is 2.05.